The third-order valence-electron chi connectivity index (χ3n) is 5.64. The van der Waals surface area contributed by atoms with Crippen molar-refractivity contribution < 1.29 is 14.2 Å². The Morgan fingerprint density at radius 3 is 2.30 bits per heavy atom. The molecule has 1 fully saturated rings. The zero-order valence-electron chi connectivity index (χ0n) is 20.3. The number of methoxy groups -OCH3 is 2. The highest BCUT2D eigenvalue weighted by Crippen LogP contribution is 2.30. The largest absolute Gasteiger partial charge is 0.497 e. The smallest absolute Gasteiger partial charge is 0.191 e. The van der Waals surface area contributed by atoms with Gasteiger partial charge in [0.25, 0.3) is 0 Å². The molecule has 2 N–H and O–H groups in total. The van der Waals surface area contributed by atoms with Crippen molar-refractivity contribution in [1.82, 2.24) is 10.6 Å². The van der Waals surface area contributed by atoms with Gasteiger partial charge >= 0.3 is 0 Å². The van der Waals surface area contributed by atoms with Crippen LogP contribution in [0.2, 0.25) is 0 Å². The van der Waals surface area contributed by atoms with Crippen LogP contribution >= 0.6 is 24.0 Å². The molecule has 3 rings (SSSR count). The van der Waals surface area contributed by atoms with Crippen LogP contribution in [0.25, 0.3) is 0 Å². The summed E-state index contributed by atoms with van der Waals surface area (Å²) in [6.07, 6.45) is 2.07. The summed E-state index contributed by atoms with van der Waals surface area (Å²) >= 11 is 0. The molecule has 1 atom stereocenters. The van der Waals surface area contributed by atoms with Gasteiger partial charge in [-0.25, -0.2) is 0 Å². The molecular weight excluding hydrogens is 531 g/mol. The number of ether oxygens (including phenoxy) is 3. The average Bonchev–Trinajstić information content (AvgIpc) is 2.81. The first kappa shape index (κ1) is 26.9. The summed E-state index contributed by atoms with van der Waals surface area (Å²) in [6.45, 7) is 6.72. The minimum Gasteiger partial charge on any atom is -0.497 e. The van der Waals surface area contributed by atoms with Gasteiger partial charge in [-0.05, 0) is 44.4 Å². The highest BCUT2D eigenvalue weighted by molar-refractivity contribution is 14.0. The number of anilines is 1. The summed E-state index contributed by atoms with van der Waals surface area (Å²) in [7, 11) is 5.17. The van der Waals surface area contributed by atoms with E-state index in [9.17, 15) is 0 Å². The minimum atomic E-state index is 0. The standard InChI is InChI=1S/C25H36N4O3.HI/c1-18-7-6-8-22(13-18)32-19(2)17-27-25(26-3)28-20-9-11-29(12-10-20)21-14-23(30-4)16-24(15-21)31-5;/h6-8,13-16,19-20H,9-12,17H2,1-5H3,(H2,26,27,28);1H. The van der Waals surface area contributed by atoms with E-state index in [1.54, 1.807) is 21.3 Å². The van der Waals surface area contributed by atoms with E-state index >= 15 is 0 Å². The molecule has 1 aliphatic heterocycles. The number of guanidine groups is 1. The molecule has 0 aliphatic carbocycles. The molecule has 33 heavy (non-hydrogen) atoms. The van der Waals surface area contributed by atoms with E-state index in [2.05, 4.69) is 58.6 Å². The Hall–Kier alpha value is -2.36. The maximum Gasteiger partial charge on any atom is 0.191 e. The molecule has 7 nitrogen and oxygen atoms in total. The number of nitrogens with zero attached hydrogens (tertiary/aromatic N) is 2. The fourth-order valence-electron chi connectivity index (χ4n) is 3.85. The van der Waals surface area contributed by atoms with E-state index in [1.165, 1.54) is 5.56 Å². The molecule has 0 amide bonds. The topological polar surface area (TPSA) is 67.4 Å². The maximum atomic E-state index is 6.01. The van der Waals surface area contributed by atoms with Crippen molar-refractivity contribution in [2.45, 2.75) is 38.8 Å². The quantitative estimate of drug-likeness (QED) is 0.283. The van der Waals surface area contributed by atoms with Gasteiger partial charge in [0.15, 0.2) is 5.96 Å². The van der Waals surface area contributed by atoms with Gasteiger partial charge in [0, 0.05) is 50.1 Å². The van der Waals surface area contributed by atoms with Gasteiger partial charge in [0.2, 0.25) is 0 Å². The second-order valence-electron chi connectivity index (χ2n) is 8.17. The van der Waals surface area contributed by atoms with Crippen LogP contribution in [0, 0.1) is 6.92 Å². The van der Waals surface area contributed by atoms with E-state index in [0.717, 1.165) is 54.8 Å². The fraction of sp³-hybridized carbons (Fsp3) is 0.480. The summed E-state index contributed by atoms with van der Waals surface area (Å²) in [6, 6.07) is 14.5. The molecule has 1 aliphatic rings. The van der Waals surface area contributed by atoms with Gasteiger partial charge in [0.1, 0.15) is 23.4 Å². The molecule has 182 valence electrons. The molecule has 1 saturated heterocycles. The first-order valence-electron chi connectivity index (χ1n) is 11.2. The molecule has 1 heterocycles. The lowest BCUT2D eigenvalue weighted by Crippen LogP contribution is -2.50. The van der Waals surface area contributed by atoms with Crippen LogP contribution in [-0.2, 0) is 0 Å². The minimum absolute atomic E-state index is 0. The molecule has 8 heteroatoms. The summed E-state index contributed by atoms with van der Waals surface area (Å²) < 4.78 is 16.8. The lowest BCUT2D eigenvalue weighted by molar-refractivity contribution is 0.223. The summed E-state index contributed by atoms with van der Waals surface area (Å²) in [5.74, 6) is 3.33. The summed E-state index contributed by atoms with van der Waals surface area (Å²) in [4.78, 5) is 6.76. The maximum absolute atomic E-state index is 6.01. The Balaban J connectivity index is 0.00000385. The highest BCUT2D eigenvalue weighted by atomic mass is 127. The van der Waals surface area contributed by atoms with Crippen molar-refractivity contribution in [2.24, 2.45) is 4.99 Å². The van der Waals surface area contributed by atoms with Crippen molar-refractivity contribution >= 4 is 35.6 Å². The average molecular weight is 569 g/mol. The van der Waals surface area contributed by atoms with Crippen molar-refractivity contribution in [3.8, 4) is 17.2 Å². The Morgan fingerprint density at radius 2 is 1.73 bits per heavy atom. The Labute approximate surface area is 214 Å². The number of hydrogen-bond acceptors (Lipinski definition) is 5. The lowest BCUT2D eigenvalue weighted by Gasteiger charge is -2.35. The number of rotatable bonds is 8. The molecule has 0 bridgehead atoms. The zero-order chi connectivity index (χ0) is 22.9. The molecular formula is C25H37IN4O3. The lowest BCUT2D eigenvalue weighted by atomic mass is 10.0. The number of nitrogens with one attached hydrogen (secondary N) is 2. The third-order valence-corrected chi connectivity index (χ3v) is 5.64. The number of halogens is 1. The monoisotopic (exact) mass is 568 g/mol. The molecule has 0 radical (unpaired) electrons. The van der Waals surface area contributed by atoms with E-state index in [1.807, 2.05) is 18.2 Å². The van der Waals surface area contributed by atoms with Crippen molar-refractivity contribution in [1.29, 1.82) is 0 Å². The van der Waals surface area contributed by atoms with Crippen LogP contribution in [0.3, 0.4) is 0 Å². The second kappa shape index (κ2) is 13.4. The molecule has 0 saturated carbocycles. The van der Waals surface area contributed by atoms with Crippen LogP contribution in [0.5, 0.6) is 17.2 Å². The van der Waals surface area contributed by atoms with E-state index in [0.29, 0.717) is 12.6 Å². The Kier molecular flexibility index (Phi) is 10.9. The number of hydrogen-bond donors (Lipinski definition) is 2. The Morgan fingerprint density at radius 1 is 1.06 bits per heavy atom. The van der Waals surface area contributed by atoms with Gasteiger partial charge in [0.05, 0.1) is 20.8 Å². The molecule has 0 aromatic heterocycles. The first-order chi connectivity index (χ1) is 15.5. The summed E-state index contributed by atoms with van der Waals surface area (Å²) in [5.41, 5.74) is 2.32. The van der Waals surface area contributed by atoms with Crippen LogP contribution < -0.4 is 29.7 Å². The molecule has 2 aromatic carbocycles. The van der Waals surface area contributed by atoms with Gasteiger partial charge in [-0.1, -0.05) is 12.1 Å². The predicted molar refractivity (Wildman–Crippen MR) is 146 cm³/mol. The fourth-order valence-corrected chi connectivity index (χ4v) is 3.85. The van der Waals surface area contributed by atoms with Crippen molar-refractivity contribution in [3.63, 3.8) is 0 Å². The molecule has 1 unspecified atom stereocenters. The molecule has 0 spiro atoms. The highest BCUT2D eigenvalue weighted by Gasteiger charge is 2.21. The van der Waals surface area contributed by atoms with E-state index in [4.69, 9.17) is 14.2 Å². The molecule has 2 aromatic rings. The summed E-state index contributed by atoms with van der Waals surface area (Å²) in [5, 5.41) is 6.95. The second-order valence-corrected chi connectivity index (χ2v) is 8.17. The van der Waals surface area contributed by atoms with Gasteiger partial charge < -0.3 is 29.7 Å². The number of benzene rings is 2. The number of aryl methyl sites for hydroxylation is 1. The van der Waals surface area contributed by atoms with Crippen LogP contribution in [-0.4, -0.2) is 59.0 Å². The van der Waals surface area contributed by atoms with Gasteiger partial charge in [-0.2, -0.15) is 0 Å². The van der Waals surface area contributed by atoms with E-state index < -0.39 is 0 Å². The normalized spacial score (nSPS) is 15.3. The van der Waals surface area contributed by atoms with Crippen LogP contribution in [0.4, 0.5) is 5.69 Å². The van der Waals surface area contributed by atoms with Crippen molar-refractivity contribution in [3.05, 3.63) is 48.0 Å². The van der Waals surface area contributed by atoms with Gasteiger partial charge in [-0.3, -0.25) is 4.99 Å². The van der Waals surface area contributed by atoms with Crippen LogP contribution in [0.15, 0.2) is 47.5 Å². The zero-order valence-corrected chi connectivity index (χ0v) is 22.6. The Bertz CT molecular complexity index is 879. The number of piperidine rings is 1. The van der Waals surface area contributed by atoms with Crippen molar-refractivity contribution in [2.75, 3.05) is 45.8 Å². The number of aliphatic imine (C=N–C) groups is 1. The first-order valence-corrected chi connectivity index (χ1v) is 11.2. The third kappa shape index (κ3) is 8.17. The predicted octanol–water partition coefficient (Wildman–Crippen LogP) is 4.23. The van der Waals surface area contributed by atoms with Crippen LogP contribution in [0.1, 0.15) is 25.3 Å². The van der Waals surface area contributed by atoms with Gasteiger partial charge in [-0.15, -0.1) is 24.0 Å². The van der Waals surface area contributed by atoms with E-state index in [-0.39, 0.29) is 30.1 Å². The SMILES string of the molecule is CN=C(NCC(C)Oc1cccc(C)c1)NC1CCN(c2cc(OC)cc(OC)c2)CC1.I.